The highest BCUT2D eigenvalue weighted by Gasteiger charge is 2.14. The van der Waals surface area contributed by atoms with Crippen molar-refractivity contribution >= 4 is 15.7 Å². The smallest absolute Gasteiger partial charge is 0.261 e. The molecule has 1 heterocycles. The molecule has 0 saturated heterocycles. The van der Waals surface area contributed by atoms with E-state index in [4.69, 9.17) is 0 Å². The lowest BCUT2D eigenvalue weighted by Crippen LogP contribution is -2.13. The summed E-state index contributed by atoms with van der Waals surface area (Å²) in [5.74, 6) is 0. The second-order valence-corrected chi connectivity index (χ2v) is 6.36. The number of sulfonamides is 1. The highest BCUT2D eigenvalue weighted by molar-refractivity contribution is 7.92. The van der Waals surface area contributed by atoms with Crippen molar-refractivity contribution in [3.63, 3.8) is 0 Å². The molecule has 7 nitrogen and oxygen atoms in total. The summed E-state index contributed by atoms with van der Waals surface area (Å²) in [7, 11) is -3.59. The number of hydrogen-bond acceptors (Lipinski definition) is 5. The van der Waals surface area contributed by atoms with Crippen LogP contribution in [0, 0.1) is 6.92 Å². The summed E-state index contributed by atoms with van der Waals surface area (Å²) in [6.45, 7) is 1.86. The SMILES string of the molecule is Cc1cc(NS(=O)(=O)c2ccccc2)ccc1-n1cnnn1. The van der Waals surface area contributed by atoms with Crippen molar-refractivity contribution in [2.24, 2.45) is 0 Å². The number of rotatable bonds is 4. The lowest BCUT2D eigenvalue weighted by atomic mass is 10.2. The maximum atomic E-state index is 12.3. The third-order valence-electron chi connectivity index (χ3n) is 3.10. The molecule has 0 unspecified atom stereocenters. The first-order valence-electron chi connectivity index (χ1n) is 6.48. The number of aromatic nitrogens is 4. The molecule has 1 aromatic heterocycles. The Morgan fingerprint density at radius 2 is 1.86 bits per heavy atom. The van der Waals surface area contributed by atoms with E-state index in [2.05, 4.69) is 20.2 Å². The molecule has 0 amide bonds. The van der Waals surface area contributed by atoms with Gasteiger partial charge in [-0.15, -0.1) is 5.10 Å². The minimum Gasteiger partial charge on any atom is -0.280 e. The van der Waals surface area contributed by atoms with E-state index in [9.17, 15) is 8.42 Å². The van der Waals surface area contributed by atoms with Crippen LogP contribution < -0.4 is 4.72 Å². The Morgan fingerprint density at radius 3 is 2.50 bits per heavy atom. The molecular formula is C14H13N5O2S. The van der Waals surface area contributed by atoms with Gasteiger partial charge in [0.25, 0.3) is 10.0 Å². The van der Waals surface area contributed by atoms with E-state index < -0.39 is 10.0 Å². The zero-order valence-corrected chi connectivity index (χ0v) is 12.5. The molecule has 0 saturated carbocycles. The van der Waals surface area contributed by atoms with Crippen LogP contribution in [0.4, 0.5) is 5.69 Å². The molecule has 22 heavy (non-hydrogen) atoms. The van der Waals surface area contributed by atoms with Crippen molar-refractivity contribution in [2.45, 2.75) is 11.8 Å². The summed E-state index contributed by atoms with van der Waals surface area (Å²) in [5.41, 5.74) is 2.12. The predicted molar refractivity (Wildman–Crippen MR) is 81.1 cm³/mol. The molecule has 0 fully saturated rings. The normalized spacial score (nSPS) is 11.3. The first-order valence-corrected chi connectivity index (χ1v) is 7.96. The van der Waals surface area contributed by atoms with Gasteiger partial charge in [0.05, 0.1) is 10.6 Å². The Kier molecular flexibility index (Phi) is 3.60. The third-order valence-corrected chi connectivity index (χ3v) is 4.50. The summed E-state index contributed by atoms with van der Waals surface area (Å²) >= 11 is 0. The van der Waals surface area contributed by atoms with Crippen LogP contribution in [-0.4, -0.2) is 28.6 Å². The Hall–Kier alpha value is -2.74. The first-order chi connectivity index (χ1) is 10.6. The van der Waals surface area contributed by atoms with Gasteiger partial charge in [0.15, 0.2) is 0 Å². The van der Waals surface area contributed by atoms with Gasteiger partial charge in [0, 0.05) is 5.69 Å². The number of benzene rings is 2. The fraction of sp³-hybridized carbons (Fsp3) is 0.0714. The van der Waals surface area contributed by atoms with Crippen LogP contribution in [0.5, 0.6) is 0 Å². The largest absolute Gasteiger partial charge is 0.280 e. The molecule has 0 aliphatic heterocycles. The zero-order valence-electron chi connectivity index (χ0n) is 11.7. The van der Waals surface area contributed by atoms with Crippen LogP contribution in [0.25, 0.3) is 5.69 Å². The second-order valence-electron chi connectivity index (χ2n) is 4.67. The van der Waals surface area contributed by atoms with E-state index in [1.165, 1.54) is 11.0 Å². The molecule has 0 spiro atoms. The highest BCUT2D eigenvalue weighted by Crippen LogP contribution is 2.20. The van der Waals surface area contributed by atoms with Crippen molar-refractivity contribution in [1.82, 2.24) is 20.2 Å². The minimum atomic E-state index is -3.59. The fourth-order valence-electron chi connectivity index (χ4n) is 2.06. The maximum Gasteiger partial charge on any atom is 0.261 e. The van der Waals surface area contributed by atoms with Crippen LogP contribution in [0.2, 0.25) is 0 Å². The van der Waals surface area contributed by atoms with Crippen molar-refractivity contribution in [3.05, 3.63) is 60.4 Å². The minimum absolute atomic E-state index is 0.220. The van der Waals surface area contributed by atoms with Gasteiger partial charge in [0.2, 0.25) is 0 Å². The molecule has 3 rings (SSSR count). The molecule has 2 aromatic carbocycles. The Labute approximate surface area is 127 Å². The third kappa shape index (κ3) is 2.82. The molecular weight excluding hydrogens is 302 g/mol. The standard InChI is InChI=1S/C14H13N5O2S/c1-11-9-12(7-8-14(11)19-10-15-17-18-19)16-22(20,21)13-5-3-2-4-6-13/h2-10,16H,1H3. The van der Waals surface area contributed by atoms with E-state index in [1.807, 2.05) is 6.92 Å². The van der Waals surface area contributed by atoms with E-state index in [1.54, 1.807) is 48.5 Å². The van der Waals surface area contributed by atoms with E-state index in [0.29, 0.717) is 5.69 Å². The lowest BCUT2D eigenvalue weighted by molar-refractivity contribution is 0.601. The maximum absolute atomic E-state index is 12.3. The van der Waals surface area contributed by atoms with E-state index in [0.717, 1.165) is 11.3 Å². The number of nitrogens with one attached hydrogen (secondary N) is 1. The Balaban J connectivity index is 1.89. The fourth-order valence-corrected chi connectivity index (χ4v) is 3.13. The van der Waals surface area contributed by atoms with Gasteiger partial charge in [-0.25, -0.2) is 13.1 Å². The molecule has 8 heteroatoms. The average Bonchev–Trinajstić information content (AvgIpc) is 3.02. The molecule has 112 valence electrons. The summed E-state index contributed by atoms with van der Waals surface area (Å²) in [6, 6.07) is 13.4. The summed E-state index contributed by atoms with van der Waals surface area (Å²) in [6.07, 6.45) is 1.48. The molecule has 0 aliphatic carbocycles. The molecule has 0 bridgehead atoms. The van der Waals surface area contributed by atoms with Crippen LogP contribution in [-0.2, 0) is 10.0 Å². The molecule has 1 N–H and O–H groups in total. The molecule has 0 aliphatic rings. The zero-order chi connectivity index (χ0) is 15.6. The number of aryl methyl sites for hydroxylation is 1. The van der Waals surface area contributed by atoms with Gasteiger partial charge < -0.3 is 0 Å². The molecule has 0 radical (unpaired) electrons. The van der Waals surface area contributed by atoms with Crippen LogP contribution >= 0.6 is 0 Å². The number of tetrazole rings is 1. The van der Waals surface area contributed by atoms with Gasteiger partial charge in [-0.3, -0.25) is 4.72 Å². The average molecular weight is 315 g/mol. The molecule has 3 aromatic rings. The van der Waals surface area contributed by atoms with E-state index >= 15 is 0 Å². The van der Waals surface area contributed by atoms with Gasteiger partial charge in [0.1, 0.15) is 6.33 Å². The first kappa shape index (κ1) is 14.2. The van der Waals surface area contributed by atoms with Crippen LogP contribution in [0.1, 0.15) is 5.56 Å². The van der Waals surface area contributed by atoms with Crippen molar-refractivity contribution in [3.8, 4) is 5.69 Å². The summed E-state index contributed by atoms with van der Waals surface area (Å²) in [5, 5.41) is 11.0. The topological polar surface area (TPSA) is 89.8 Å². The van der Waals surface area contributed by atoms with Crippen LogP contribution in [0.15, 0.2) is 59.8 Å². The van der Waals surface area contributed by atoms with Crippen molar-refractivity contribution in [1.29, 1.82) is 0 Å². The van der Waals surface area contributed by atoms with Gasteiger partial charge in [-0.1, -0.05) is 18.2 Å². The Morgan fingerprint density at radius 1 is 1.09 bits per heavy atom. The Bertz CT molecular complexity index is 877. The summed E-state index contributed by atoms with van der Waals surface area (Å²) in [4.78, 5) is 0.220. The van der Waals surface area contributed by atoms with E-state index in [-0.39, 0.29) is 4.90 Å². The van der Waals surface area contributed by atoms with Crippen LogP contribution in [0.3, 0.4) is 0 Å². The van der Waals surface area contributed by atoms with Gasteiger partial charge in [-0.2, -0.15) is 0 Å². The summed E-state index contributed by atoms with van der Waals surface area (Å²) < 4.78 is 28.6. The van der Waals surface area contributed by atoms with Gasteiger partial charge >= 0.3 is 0 Å². The van der Waals surface area contributed by atoms with Crippen molar-refractivity contribution in [2.75, 3.05) is 4.72 Å². The monoisotopic (exact) mass is 315 g/mol. The van der Waals surface area contributed by atoms with Crippen molar-refractivity contribution < 1.29 is 8.42 Å². The number of hydrogen-bond donors (Lipinski definition) is 1. The number of nitrogens with zero attached hydrogens (tertiary/aromatic N) is 4. The quantitative estimate of drug-likeness (QED) is 0.792. The lowest BCUT2D eigenvalue weighted by Gasteiger charge is -2.10. The highest BCUT2D eigenvalue weighted by atomic mass is 32.2. The number of anilines is 1. The second kappa shape index (κ2) is 5.57. The molecule has 0 atom stereocenters. The van der Waals surface area contributed by atoms with Gasteiger partial charge in [-0.05, 0) is 53.2 Å². The predicted octanol–water partition coefficient (Wildman–Crippen LogP) is 1.77.